The first-order chi connectivity index (χ1) is 10.5. The molecule has 0 atom stereocenters. The van der Waals surface area contributed by atoms with E-state index < -0.39 is 0 Å². The molecule has 0 saturated heterocycles. The summed E-state index contributed by atoms with van der Waals surface area (Å²) in [5, 5.41) is 4.12. The van der Waals surface area contributed by atoms with E-state index in [1.54, 1.807) is 0 Å². The molecule has 1 saturated carbocycles. The standard InChI is InChI=1S/C16H23N5O/c1-16(2,3)15-18-14(19-22-15)9-20-7-6-13-12(8-20)17-10-21(13)11-4-5-11/h10-11H,4-9H2,1-3H3. The highest BCUT2D eigenvalue weighted by Crippen LogP contribution is 2.37. The number of hydrogen-bond donors (Lipinski definition) is 0. The number of imidazole rings is 1. The minimum Gasteiger partial charge on any atom is -0.339 e. The lowest BCUT2D eigenvalue weighted by Crippen LogP contribution is -2.31. The third-order valence-electron chi connectivity index (χ3n) is 4.44. The molecule has 4 rings (SSSR count). The van der Waals surface area contributed by atoms with Gasteiger partial charge in [0.05, 0.1) is 18.6 Å². The van der Waals surface area contributed by atoms with Crippen molar-refractivity contribution in [1.82, 2.24) is 24.6 Å². The predicted molar refractivity (Wildman–Crippen MR) is 81.3 cm³/mol. The first-order valence-electron chi connectivity index (χ1n) is 8.11. The molecule has 0 N–H and O–H groups in total. The van der Waals surface area contributed by atoms with Gasteiger partial charge in [0.15, 0.2) is 5.82 Å². The fourth-order valence-corrected chi connectivity index (χ4v) is 3.01. The molecule has 0 unspecified atom stereocenters. The molecule has 0 amide bonds. The fourth-order valence-electron chi connectivity index (χ4n) is 3.01. The first-order valence-corrected chi connectivity index (χ1v) is 8.11. The molecule has 2 aliphatic rings. The maximum absolute atomic E-state index is 5.38. The quantitative estimate of drug-likeness (QED) is 0.871. The van der Waals surface area contributed by atoms with Gasteiger partial charge in [0.25, 0.3) is 0 Å². The molecule has 22 heavy (non-hydrogen) atoms. The summed E-state index contributed by atoms with van der Waals surface area (Å²) in [6, 6.07) is 0.717. The van der Waals surface area contributed by atoms with Gasteiger partial charge >= 0.3 is 0 Å². The first kappa shape index (κ1) is 13.9. The Kier molecular flexibility index (Phi) is 3.11. The Morgan fingerprint density at radius 3 is 2.82 bits per heavy atom. The van der Waals surface area contributed by atoms with Crippen molar-refractivity contribution in [2.45, 2.75) is 64.6 Å². The second-order valence-electron chi connectivity index (χ2n) is 7.50. The van der Waals surface area contributed by atoms with E-state index in [1.165, 1.54) is 24.2 Å². The highest BCUT2D eigenvalue weighted by Gasteiger charge is 2.30. The fraction of sp³-hybridized carbons (Fsp3) is 0.688. The summed E-state index contributed by atoms with van der Waals surface area (Å²) in [5.41, 5.74) is 2.56. The summed E-state index contributed by atoms with van der Waals surface area (Å²) < 4.78 is 7.76. The molecule has 1 aliphatic heterocycles. The van der Waals surface area contributed by atoms with E-state index in [0.29, 0.717) is 11.9 Å². The van der Waals surface area contributed by atoms with Gasteiger partial charge in [0.1, 0.15) is 0 Å². The Labute approximate surface area is 130 Å². The molecule has 1 aliphatic carbocycles. The third kappa shape index (κ3) is 2.56. The second kappa shape index (κ2) is 4.91. The van der Waals surface area contributed by atoms with Crippen LogP contribution >= 0.6 is 0 Å². The minimum atomic E-state index is -0.0939. The van der Waals surface area contributed by atoms with E-state index in [-0.39, 0.29) is 5.41 Å². The van der Waals surface area contributed by atoms with Crippen LogP contribution in [0.1, 0.15) is 62.8 Å². The average Bonchev–Trinajstić information content (AvgIpc) is 3.04. The summed E-state index contributed by atoms with van der Waals surface area (Å²) >= 11 is 0. The summed E-state index contributed by atoms with van der Waals surface area (Å²) in [5.74, 6) is 1.48. The zero-order valence-corrected chi connectivity index (χ0v) is 13.5. The minimum absolute atomic E-state index is 0.0939. The molecule has 6 heteroatoms. The van der Waals surface area contributed by atoms with Crippen molar-refractivity contribution >= 4 is 0 Å². The Bertz CT molecular complexity index is 677. The van der Waals surface area contributed by atoms with Crippen LogP contribution in [0, 0.1) is 0 Å². The van der Waals surface area contributed by atoms with Gasteiger partial charge in [-0.05, 0) is 12.8 Å². The topological polar surface area (TPSA) is 60.0 Å². The molecule has 0 radical (unpaired) electrons. The molecule has 0 bridgehead atoms. The number of hydrogen-bond acceptors (Lipinski definition) is 5. The number of aromatic nitrogens is 4. The van der Waals surface area contributed by atoms with Crippen LogP contribution in [0.4, 0.5) is 0 Å². The Morgan fingerprint density at radius 2 is 2.14 bits per heavy atom. The zero-order valence-electron chi connectivity index (χ0n) is 13.5. The molecule has 6 nitrogen and oxygen atoms in total. The normalized spacial score (nSPS) is 19.4. The molecule has 0 aromatic carbocycles. The SMILES string of the molecule is CC(C)(C)c1nc(CN2CCc3c(ncn3C3CC3)C2)no1. The summed E-state index contributed by atoms with van der Waals surface area (Å²) in [6.07, 6.45) is 5.71. The van der Waals surface area contributed by atoms with Crippen molar-refractivity contribution in [3.8, 4) is 0 Å². The van der Waals surface area contributed by atoms with Crippen LogP contribution in [0.3, 0.4) is 0 Å². The molecular weight excluding hydrogens is 278 g/mol. The van der Waals surface area contributed by atoms with E-state index in [0.717, 1.165) is 31.9 Å². The van der Waals surface area contributed by atoms with Gasteiger partial charge in [-0.2, -0.15) is 4.98 Å². The van der Waals surface area contributed by atoms with Crippen LogP contribution in [0.15, 0.2) is 10.9 Å². The van der Waals surface area contributed by atoms with E-state index in [2.05, 4.69) is 45.4 Å². The Balaban J connectivity index is 1.45. The van der Waals surface area contributed by atoms with Crippen molar-refractivity contribution in [3.05, 3.63) is 29.4 Å². The van der Waals surface area contributed by atoms with Crippen LogP contribution < -0.4 is 0 Å². The summed E-state index contributed by atoms with van der Waals surface area (Å²) in [6.45, 7) is 8.90. The second-order valence-corrected chi connectivity index (χ2v) is 7.50. The molecule has 1 fully saturated rings. The zero-order chi connectivity index (χ0) is 15.3. The van der Waals surface area contributed by atoms with Gasteiger partial charge in [-0.25, -0.2) is 4.98 Å². The average molecular weight is 301 g/mol. The highest BCUT2D eigenvalue weighted by molar-refractivity contribution is 5.18. The van der Waals surface area contributed by atoms with Gasteiger partial charge in [-0.3, -0.25) is 4.90 Å². The van der Waals surface area contributed by atoms with E-state index in [1.807, 2.05) is 6.33 Å². The van der Waals surface area contributed by atoms with Crippen molar-refractivity contribution in [1.29, 1.82) is 0 Å². The molecular formula is C16H23N5O. The van der Waals surface area contributed by atoms with Gasteiger partial charge < -0.3 is 9.09 Å². The number of rotatable bonds is 3. The van der Waals surface area contributed by atoms with E-state index in [4.69, 9.17) is 4.52 Å². The lowest BCUT2D eigenvalue weighted by molar-refractivity contribution is 0.229. The van der Waals surface area contributed by atoms with Crippen molar-refractivity contribution in [3.63, 3.8) is 0 Å². The van der Waals surface area contributed by atoms with Gasteiger partial charge in [-0.1, -0.05) is 25.9 Å². The Hall–Kier alpha value is -1.69. The lowest BCUT2D eigenvalue weighted by Gasteiger charge is -2.25. The molecule has 118 valence electrons. The third-order valence-corrected chi connectivity index (χ3v) is 4.44. The Morgan fingerprint density at radius 1 is 1.32 bits per heavy atom. The van der Waals surface area contributed by atoms with Gasteiger partial charge in [-0.15, -0.1) is 0 Å². The van der Waals surface area contributed by atoms with Crippen LogP contribution in [0.2, 0.25) is 0 Å². The summed E-state index contributed by atoms with van der Waals surface area (Å²) in [4.78, 5) is 11.5. The summed E-state index contributed by atoms with van der Waals surface area (Å²) in [7, 11) is 0. The van der Waals surface area contributed by atoms with Crippen LogP contribution in [0.5, 0.6) is 0 Å². The van der Waals surface area contributed by atoms with E-state index in [9.17, 15) is 0 Å². The number of nitrogens with zero attached hydrogens (tertiary/aromatic N) is 5. The predicted octanol–water partition coefficient (Wildman–Crippen LogP) is 2.46. The van der Waals surface area contributed by atoms with Crippen molar-refractivity contribution in [2.75, 3.05) is 6.54 Å². The number of fused-ring (bicyclic) bond motifs is 1. The maximum atomic E-state index is 5.38. The molecule has 0 spiro atoms. The molecule has 2 aromatic rings. The largest absolute Gasteiger partial charge is 0.339 e. The van der Waals surface area contributed by atoms with E-state index >= 15 is 0 Å². The molecule has 2 aromatic heterocycles. The lowest BCUT2D eigenvalue weighted by atomic mass is 9.97. The van der Waals surface area contributed by atoms with Crippen molar-refractivity contribution in [2.24, 2.45) is 0 Å². The van der Waals surface area contributed by atoms with Gasteiger partial charge in [0, 0.05) is 36.7 Å². The van der Waals surface area contributed by atoms with Crippen LogP contribution in [0.25, 0.3) is 0 Å². The monoisotopic (exact) mass is 301 g/mol. The maximum Gasteiger partial charge on any atom is 0.232 e. The van der Waals surface area contributed by atoms with Crippen molar-refractivity contribution < 1.29 is 4.52 Å². The van der Waals surface area contributed by atoms with Crippen LogP contribution in [-0.2, 0) is 24.9 Å². The van der Waals surface area contributed by atoms with Crippen LogP contribution in [-0.4, -0.2) is 31.1 Å². The van der Waals surface area contributed by atoms with Gasteiger partial charge in [0.2, 0.25) is 5.89 Å². The smallest absolute Gasteiger partial charge is 0.232 e. The molecule has 3 heterocycles. The highest BCUT2D eigenvalue weighted by atomic mass is 16.5.